The third kappa shape index (κ3) is 3.95. The molecule has 0 aliphatic heterocycles. The number of aryl methyl sites for hydroxylation is 1. The molecule has 29 heavy (non-hydrogen) atoms. The molecule has 7 heteroatoms. The molecular weight excluding hydrogens is 432 g/mol. The van der Waals surface area contributed by atoms with Crippen molar-refractivity contribution in [2.45, 2.75) is 13.5 Å². The third-order valence-electron chi connectivity index (χ3n) is 4.55. The number of benzene rings is 2. The second kappa shape index (κ2) is 7.97. The minimum atomic E-state index is -0.518. The quantitative estimate of drug-likeness (QED) is 0.401. The highest BCUT2D eigenvalue weighted by atomic mass is 79.9. The lowest BCUT2D eigenvalue weighted by molar-refractivity contribution is 0.0994. The molecule has 0 radical (unpaired) electrons. The average Bonchev–Trinajstić information content (AvgIpc) is 2.98. The van der Waals surface area contributed by atoms with Gasteiger partial charge in [0.05, 0.1) is 17.6 Å². The maximum Gasteiger partial charge on any atom is 0.296 e. The van der Waals surface area contributed by atoms with Crippen LogP contribution in [-0.4, -0.2) is 20.6 Å². The van der Waals surface area contributed by atoms with E-state index in [1.807, 2.05) is 55.5 Å². The number of hydrogen-bond acceptors (Lipinski definition) is 4. The molecule has 2 heterocycles. The van der Waals surface area contributed by atoms with Crippen LogP contribution in [0.25, 0.3) is 10.9 Å². The van der Waals surface area contributed by atoms with E-state index >= 15 is 0 Å². The molecule has 0 saturated heterocycles. The van der Waals surface area contributed by atoms with E-state index in [0.29, 0.717) is 17.5 Å². The lowest BCUT2D eigenvalue weighted by Gasteiger charge is -2.07. The summed E-state index contributed by atoms with van der Waals surface area (Å²) in [6.07, 6.45) is 1.46. The number of carbonyl (C=O) groups is 1. The van der Waals surface area contributed by atoms with Crippen molar-refractivity contribution in [2.24, 2.45) is 10.2 Å². The van der Waals surface area contributed by atoms with Crippen LogP contribution in [0.3, 0.4) is 0 Å². The molecule has 6 nitrogen and oxygen atoms in total. The SMILES string of the molecule is Cc1ccc(C(=O)N=Nc2c(O)n(Cc3ccccc3)c3ccc(Br)cc23)cn1. The van der Waals surface area contributed by atoms with Crippen LogP contribution in [0.5, 0.6) is 5.88 Å². The fraction of sp³-hybridized carbons (Fsp3) is 0.0909. The number of pyridine rings is 1. The fourth-order valence-electron chi connectivity index (χ4n) is 3.07. The van der Waals surface area contributed by atoms with Crippen LogP contribution in [-0.2, 0) is 6.54 Å². The first kappa shape index (κ1) is 19.0. The van der Waals surface area contributed by atoms with Gasteiger partial charge in [0.15, 0.2) is 5.69 Å². The van der Waals surface area contributed by atoms with E-state index in [2.05, 4.69) is 31.1 Å². The number of aromatic hydroxyl groups is 1. The Morgan fingerprint density at radius 3 is 2.66 bits per heavy atom. The van der Waals surface area contributed by atoms with Crippen molar-refractivity contribution in [1.29, 1.82) is 0 Å². The van der Waals surface area contributed by atoms with Crippen LogP contribution in [0.2, 0.25) is 0 Å². The molecule has 144 valence electrons. The molecule has 4 aromatic rings. The minimum Gasteiger partial charge on any atom is -0.493 e. The van der Waals surface area contributed by atoms with Crippen molar-refractivity contribution in [3.05, 3.63) is 88.2 Å². The first-order valence-electron chi connectivity index (χ1n) is 8.96. The van der Waals surface area contributed by atoms with Gasteiger partial charge >= 0.3 is 0 Å². The average molecular weight is 449 g/mol. The highest BCUT2D eigenvalue weighted by Crippen LogP contribution is 2.40. The van der Waals surface area contributed by atoms with Gasteiger partial charge in [-0.15, -0.1) is 10.2 Å². The van der Waals surface area contributed by atoms with Crippen molar-refractivity contribution in [2.75, 3.05) is 0 Å². The molecule has 0 unspecified atom stereocenters. The number of rotatable bonds is 4. The molecule has 1 amide bonds. The number of amides is 1. The predicted molar refractivity (Wildman–Crippen MR) is 115 cm³/mol. The number of carbonyl (C=O) groups excluding carboxylic acids is 1. The molecule has 4 rings (SSSR count). The zero-order valence-corrected chi connectivity index (χ0v) is 17.2. The molecule has 2 aromatic heterocycles. The molecule has 0 fully saturated rings. The molecule has 0 bridgehead atoms. The first-order chi connectivity index (χ1) is 14.0. The van der Waals surface area contributed by atoms with Gasteiger partial charge in [-0.1, -0.05) is 46.3 Å². The highest BCUT2D eigenvalue weighted by molar-refractivity contribution is 9.10. The van der Waals surface area contributed by atoms with E-state index in [-0.39, 0.29) is 11.6 Å². The van der Waals surface area contributed by atoms with Crippen LogP contribution in [0.1, 0.15) is 21.6 Å². The maximum atomic E-state index is 12.3. The van der Waals surface area contributed by atoms with E-state index in [1.54, 1.807) is 16.7 Å². The van der Waals surface area contributed by atoms with Crippen molar-refractivity contribution in [3.8, 4) is 5.88 Å². The molecule has 0 saturated carbocycles. The van der Waals surface area contributed by atoms with Crippen LogP contribution < -0.4 is 0 Å². The fourth-order valence-corrected chi connectivity index (χ4v) is 3.43. The van der Waals surface area contributed by atoms with Gasteiger partial charge in [0.25, 0.3) is 5.91 Å². The molecule has 2 aromatic carbocycles. The van der Waals surface area contributed by atoms with E-state index in [9.17, 15) is 9.90 Å². The van der Waals surface area contributed by atoms with Crippen LogP contribution >= 0.6 is 15.9 Å². The number of hydrogen-bond donors (Lipinski definition) is 1. The monoisotopic (exact) mass is 448 g/mol. The second-order valence-electron chi connectivity index (χ2n) is 6.60. The van der Waals surface area contributed by atoms with Crippen molar-refractivity contribution in [1.82, 2.24) is 9.55 Å². The predicted octanol–water partition coefficient (Wildman–Crippen LogP) is 5.79. The van der Waals surface area contributed by atoms with Gasteiger partial charge in [-0.2, -0.15) is 0 Å². The summed E-state index contributed by atoms with van der Waals surface area (Å²) in [6.45, 7) is 2.31. The summed E-state index contributed by atoms with van der Waals surface area (Å²) in [5.74, 6) is -0.559. The van der Waals surface area contributed by atoms with Gasteiger partial charge in [-0.05, 0) is 42.8 Å². The standard InChI is InChI=1S/C22H17BrN4O2/c1-14-7-8-16(12-24-14)21(28)26-25-20-18-11-17(23)9-10-19(18)27(22(20)29)13-15-5-3-2-4-6-15/h2-12,29H,13H2,1H3. The van der Waals surface area contributed by atoms with E-state index in [0.717, 1.165) is 21.2 Å². The Morgan fingerprint density at radius 2 is 1.93 bits per heavy atom. The Labute approximate surface area is 175 Å². The Kier molecular flexibility index (Phi) is 5.22. The van der Waals surface area contributed by atoms with Gasteiger partial charge in [-0.25, -0.2) is 0 Å². The zero-order valence-electron chi connectivity index (χ0n) is 15.6. The van der Waals surface area contributed by atoms with Gasteiger partial charge in [-0.3, -0.25) is 9.78 Å². The lowest BCUT2D eigenvalue weighted by Crippen LogP contribution is -1.98. The van der Waals surface area contributed by atoms with Crippen LogP contribution in [0.15, 0.2) is 81.6 Å². The second-order valence-corrected chi connectivity index (χ2v) is 7.51. The van der Waals surface area contributed by atoms with Crippen LogP contribution in [0, 0.1) is 6.92 Å². The Bertz CT molecular complexity index is 1220. The zero-order chi connectivity index (χ0) is 20.4. The van der Waals surface area contributed by atoms with Gasteiger partial charge in [0.1, 0.15) is 0 Å². The normalized spacial score (nSPS) is 11.4. The summed E-state index contributed by atoms with van der Waals surface area (Å²) >= 11 is 3.45. The smallest absolute Gasteiger partial charge is 0.296 e. The first-order valence-corrected chi connectivity index (χ1v) is 9.75. The minimum absolute atomic E-state index is 0.0412. The summed E-state index contributed by atoms with van der Waals surface area (Å²) in [5, 5.41) is 19.5. The summed E-state index contributed by atoms with van der Waals surface area (Å²) < 4.78 is 2.59. The molecule has 1 N–H and O–H groups in total. The summed E-state index contributed by atoms with van der Waals surface area (Å²) in [5.41, 5.74) is 3.24. The number of aromatic nitrogens is 2. The van der Waals surface area contributed by atoms with Crippen molar-refractivity contribution >= 4 is 38.4 Å². The molecular formula is C22H17BrN4O2. The largest absolute Gasteiger partial charge is 0.493 e. The summed E-state index contributed by atoms with van der Waals surface area (Å²) in [4.78, 5) is 16.4. The lowest BCUT2D eigenvalue weighted by atomic mass is 10.2. The molecule has 0 atom stereocenters. The van der Waals surface area contributed by atoms with Crippen molar-refractivity contribution < 1.29 is 9.90 Å². The summed E-state index contributed by atoms with van der Waals surface area (Å²) in [7, 11) is 0. The van der Waals surface area contributed by atoms with E-state index < -0.39 is 5.91 Å². The molecule has 0 spiro atoms. The Balaban J connectivity index is 1.75. The highest BCUT2D eigenvalue weighted by Gasteiger charge is 2.18. The Hall–Kier alpha value is -3.32. The van der Waals surface area contributed by atoms with Gasteiger partial charge < -0.3 is 9.67 Å². The number of nitrogens with zero attached hydrogens (tertiary/aromatic N) is 4. The van der Waals surface area contributed by atoms with Gasteiger partial charge in [0.2, 0.25) is 5.88 Å². The molecule has 0 aliphatic carbocycles. The molecule has 0 aliphatic rings. The van der Waals surface area contributed by atoms with Gasteiger partial charge in [0, 0.05) is 21.7 Å². The maximum absolute atomic E-state index is 12.3. The van der Waals surface area contributed by atoms with Crippen LogP contribution in [0.4, 0.5) is 5.69 Å². The van der Waals surface area contributed by atoms with E-state index in [1.165, 1.54) is 6.20 Å². The Morgan fingerprint density at radius 1 is 1.14 bits per heavy atom. The number of azo groups is 1. The summed E-state index contributed by atoms with van der Waals surface area (Å²) in [6, 6.07) is 18.8. The third-order valence-corrected chi connectivity index (χ3v) is 5.05. The number of halogens is 1. The van der Waals surface area contributed by atoms with E-state index in [4.69, 9.17) is 0 Å². The van der Waals surface area contributed by atoms with Crippen molar-refractivity contribution in [3.63, 3.8) is 0 Å². The topological polar surface area (TPSA) is 79.8 Å². The number of fused-ring (bicyclic) bond motifs is 1.